The van der Waals surface area contributed by atoms with Gasteiger partial charge < -0.3 is 28.8 Å². The number of nitrogens with one attached hydrogen (secondary N) is 1. The van der Waals surface area contributed by atoms with Crippen molar-refractivity contribution >= 4 is 13.7 Å². The maximum Gasteiger partial charge on any atom is 0.268 e. The van der Waals surface area contributed by atoms with Gasteiger partial charge in [0.1, 0.15) is 13.2 Å². The van der Waals surface area contributed by atoms with E-state index in [1.54, 1.807) is 6.08 Å². The Morgan fingerprint density at radius 3 is 1.22 bits per heavy atom. The van der Waals surface area contributed by atoms with Gasteiger partial charge in [0.05, 0.1) is 39.9 Å². The highest BCUT2D eigenvalue weighted by atomic mass is 31.2. The summed E-state index contributed by atoms with van der Waals surface area (Å²) in [6, 6.07) is -0.890. The fraction of sp³-hybridized carbons (Fsp3) is 0.828. The number of phosphoric ester groups is 1. The van der Waals surface area contributed by atoms with Crippen molar-refractivity contribution in [3.05, 3.63) is 60.8 Å². The van der Waals surface area contributed by atoms with Crippen molar-refractivity contribution in [3.63, 3.8) is 0 Å². The molecule has 0 aliphatic carbocycles. The Morgan fingerprint density at radius 2 is 0.836 bits per heavy atom. The van der Waals surface area contributed by atoms with Gasteiger partial charge in [-0.25, -0.2) is 0 Å². The van der Waals surface area contributed by atoms with Crippen molar-refractivity contribution in [2.45, 2.75) is 302 Å². The fourth-order valence-electron chi connectivity index (χ4n) is 9.15. The molecule has 0 bridgehead atoms. The van der Waals surface area contributed by atoms with Gasteiger partial charge in [-0.1, -0.05) is 286 Å². The van der Waals surface area contributed by atoms with Crippen molar-refractivity contribution in [2.75, 3.05) is 40.9 Å². The van der Waals surface area contributed by atoms with Gasteiger partial charge in [0.2, 0.25) is 5.91 Å². The summed E-state index contributed by atoms with van der Waals surface area (Å²) in [5.41, 5.74) is 0. The minimum Gasteiger partial charge on any atom is -0.756 e. The van der Waals surface area contributed by atoms with E-state index in [9.17, 15) is 19.4 Å². The molecule has 8 nitrogen and oxygen atoms in total. The van der Waals surface area contributed by atoms with Crippen LogP contribution in [0.3, 0.4) is 0 Å². The lowest BCUT2D eigenvalue weighted by atomic mass is 10.0. The van der Waals surface area contributed by atoms with Gasteiger partial charge in [0, 0.05) is 6.42 Å². The van der Waals surface area contributed by atoms with E-state index in [1.165, 1.54) is 205 Å². The second-order valence-electron chi connectivity index (χ2n) is 22.4. The van der Waals surface area contributed by atoms with E-state index < -0.39 is 20.0 Å². The SMILES string of the molecule is CC/C=C\C/C=C\C/C=C\C/C=C\CCCCCCCCCCCCCCCCC(=O)NC(COP(=O)([O-])OCC[N+](C)(C)C)C(O)/C=C/CCCCCCCCCCCCCCCCCCCCCCCC. The highest BCUT2D eigenvalue weighted by Crippen LogP contribution is 2.38. The Balaban J connectivity index is 4.15. The number of carbonyl (C=O) groups excluding carboxylic acids is 1. The third-order valence-corrected chi connectivity index (χ3v) is 14.9. The summed E-state index contributed by atoms with van der Waals surface area (Å²) in [5.74, 6) is -0.196. The predicted octanol–water partition coefficient (Wildman–Crippen LogP) is 18.6. The summed E-state index contributed by atoms with van der Waals surface area (Å²) in [4.78, 5) is 25.6. The van der Waals surface area contributed by atoms with E-state index in [0.29, 0.717) is 17.4 Å². The van der Waals surface area contributed by atoms with Crippen LogP contribution in [0.25, 0.3) is 0 Å². The third-order valence-electron chi connectivity index (χ3n) is 14.0. The number of quaternary nitrogens is 1. The standard InChI is InChI=1S/C64H121N2O6P/c1-6-8-10-12-14-16-18-20-22-24-26-28-30-32-33-34-36-38-40-42-44-46-48-50-52-54-56-58-64(68)65-62(61-72-73(69,70)71-60-59-66(3,4)5)63(67)57-55-53-51-49-47-45-43-41-39-37-35-31-29-27-25-23-21-19-17-15-13-11-9-7-2/h8,10,14,16,20,22,26,28,55,57,62-63,67H,6-7,9,11-13,15,17-19,21,23-25,27,29-54,56,58-61H2,1-5H3,(H-,65,68,69,70)/b10-8-,16-14-,22-20-,28-26-,57-55+. The molecule has 0 fully saturated rings. The van der Waals surface area contributed by atoms with E-state index in [1.807, 2.05) is 27.2 Å². The van der Waals surface area contributed by atoms with Gasteiger partial charge in [0.25, 0.3) is 7.82 Å². The lowest BCUT2D eigenvalue weighted by Crippen LogP contribution is -2.45. The number of aliphatic hydroxyl groups excluding tert-OH is 1. The average Bonchev–Trinajstić information content (AvgIpc) is 3.35. The highest BCUT2D eigenvalue weighted by Gasteiger charge is 2.23. The van der Waals surface area contributed by atoms with Crippen LogP contribution < -0.4 is 10.2 Å². The highest BCUT2D eigenvalue weighted by molar-refractivity contribution is 7.45. The molecule has 3 atom stereocenters. The molecular formula is C64H121N2O6P. The molecule has 0 aromatic rings. The van der Waals surface area contributed by atoms with E-state index >= 15 is 0 Å². The van der Waals surface area contributed by atoms with Crippen molar-refractivity contribution in [2.24, 2.45) is 0 Å². The first kappa shape index (κ1) is 71.2. The van der Waals surface area contributed by atoms with Crippen molar-refractivity contribution in [1.82, 2.24) is 5.32 Å². The van der Waals surface area contributed by atoms with Crippen LogP contribution in [0.4, 0.5) is 0 Å². The minimum absolute atomic E-state index is 0.00172. The van der Waals surface area contributed by atoms with Crippen molar-refractivity contribution < 1.29 is 32.9 Å². The molecular weight excluding hydrogens is 924 g/mol. The van der Waals surface area contributed by atoms with Crippen molar-refractivity contribution in [1.29, 1.82) is 0 Å². The molecule has 73 heavy (non-hydrogen) atoms. The second-order valence-corrected chi connectivity index (χ2v) is 23.8. The molecule has 0 spiro atoms. The zero-order valence-electron chi connectivity index (χ0n) is 48.8. The molecule has 0 heterocycles. The largest absolute Gasteiger partial charge is 0.756 e. The number of amides is 1. The summed E-state index contributed by atoms with van der Waals surface area (Å²) >= 11 is 0. The first-order valence-corrected chi connectivity index (χ1v) is 32.6. The van der Waals surface area contributed by atoms with Crippen LogP contribution in [0.1, 0.15) is 290 Å². The summed E-state index contributed by atoms with van der Waals surface area (Å²) in [7, 11) is 1.27. The molecule has 0 rings (SSSR count). The maximum absolute atomic E-state index is 13.0. The molecule has 1 amide bonds. The Labute approximate surface area is 453 Å². The van der Waals surface area contributed by atoms with Crippen LogP contribution in [0.15, 0.2) is 60.8 Å². The smallest absolute Gasteiger partial charge is 0.268 e. The van der Waals surface area contributed by atoms with Crippen molar-refractivity contribution in [3.8, 4) is 0 Å². The number of unbranched alkanes of at least 4 members (excludes halogenated alkanes) is 36. The molecule has 0 aromatic carbocycles. The molecule has 9 heteroatoms. The maximum atomic E-state index is 13.0. The molecule has 0 radical (unpaired) electrons. The van der Waals surface area contributed by atoms with Gasteiger partial charge in [0.15, 0.2) is 0 Å². The van der Waals surface area contributed by atoms with E-state index in [4.69, 9.17) is 9.05 Å². The molecule has 2 N–H and O–H groups in total. The first-order valence-electron chi connectivity index (χ1n) is 31.2. The lowest BCUT2D eigenvalue weighted by molar-refractivity contribution is -0.870. The summed E-state index contributed by atoms with van der Waals surface area (Å²) < 4.78 is 23.4. The van der Waals surface area contributed by atoms with E-state index in [-0.39, 0.29) is 19.1 Å². The van der Waals surface area contributed by atoms with Gasteiger partial charge in [-0.05, 0) is 57.8 Å². The van der Waals surface area contributed by atoms with Gasteiger partial charge >= 0.3 is 0 Å². The van der Waals surface area contributed by atoms with Crippen LogP contribution in [0.5, 0.6) is 0 Å². The molecule has 0 aromatic heterocycles. The second kappa shape index (κ2) is 55.0. The predicted molar refractivity (Wildman–Crippen MR) is 316 cm³/mol. The van der Waals surface area contributed by atoms with Crippen LogP contribution in [-0.2, 0) is 18.4 Å². The van der Waals surface area contributed by atoms with Gasteiger partial charge in [-0.15, -0.1) is 0 Å². The average molecular weight is 1050 g/mol. The molecule has 3 unspecified atom stereocenters. The minimum atomic E-state index is -4.60. The zero-order valence-corrected chi connectivity index (χ0v) is 49.7. The number of hydrogen-bond donors (Lipinski definition) is 2. The van der Waals surface area contributed by atoms with Gasteiger partial charge in [-0.2, -0.15) is 0 Å². The molecule has 0 aliphatic heterocycles. The lowest BCUT2D eigenvalue weighted by Gasteiger charge is -2.29. The van der Waals surface area contributed by atoms with E-state index in [0.717, 1.165) is 64.2 Å². The molecule has 0 saturated carbocycles. The fourth-order valence-corrected chi connectivity index (χ4v) is 9.87. The molecule has 0 saturated heterocycles. The number of nitrogens with zero attached hydrogens (tertiary/aromatic N) is 1. The molecule has 428 valence electrons. The Kier molecular flexibility index (Phi) is 53.6. The summed E-state index contributed by atoms with van der Waals surface area (Å²) in [6.45, 7) is 4.57. The van der Waals surface area contributed by atoms with Crippen LogP contribution in [0, 0.1) is 0 Å². The summed E-state index contributed by atoms with van der Waals surface area (Å²) in [5, 5.41) is 13.9. The quantitative estimate of drug-likeness (QED) is 0.0272. The molecule has 0 aliphatic rings. The number of hydrogen-bond acceptors (Lipinski definition) is 6. The number of allylic oxidation sites excluding steroid dienone is 9. The number of aliphatic hydroxyl groups is 1. The monoisotopic (exact) mass is 1040 g/mol. The van der Waals surface area contributed by atoms with Gasteiger partial charge in [-0.3, -0.25) is 9.36 Å². The van der Waals surface area contributed by atoms with Crippen LogP contribution in [0.2, 0.25) is 0 Å². The number of likely N-dealkylation sites (N-methyl/N-ethyl adjacent to an activating group) is 1. The summed E-state index contributed by atoms with van der Waals surface area (Å²) in [6.07, 6.45) is 74.5. The Hall–Kier alpha value is -1.80. The number of phosphoric acid groups is 1. The third kappa shape index (κ3) is 57.7. The number of carbonyl (C=O) groups is 1. The first-order chi connectivity index (χ1) is 35.5. The van der Waals surface area contributed by atoms with Crippen LogP contribution in [-0.4, -0.2) is 68.5 Å². The zero-order chi connectivity index (χ0) is 53.5. The van der Waals surface area contributed by atoms with E-state index in [2.05, 4.69) is 67.8 Å². The topological polar surface area (TPSA) is 108 Å². The number of rotatable bonds is 57. The van der Waals surface area contributed by atoms with Crippen LogP contribution >= 0.6 is 7.82 Å². The Bertz CT molecular complexity index is 1370. The normalized spacial score (nSPS) is 14.2. The Morgan fingerprint density at radius 1 is 0.493 bits per heavy atom.